The lowest BCUT2D eigenvalue weighted by atomic mass is 10.1. The van der Waals surface area contributed by atoms with Crippen LogP contribution in [-0.2, 0) is 17.0 Å². The molecule has 1 aromatic heterocycles. The average Bonchev–Trinajstić information content (AvgIpc) is 2.97. The summed E-state index contributed by atoms with van der Waals surface area (Å²) in [5.41, 5.74) is 4.26. The number of benzene rings is 2. The monoisotopic (exact) mass is 339 g/mol. The summed E-state index contributed by atoms with van der Waals surface area (Å²) < 4.78 is 5.54. The van der Waals surface area contributed by atoms with Crippen LogP contribution in [0.3, 0.4) is 0 Å². The number of fused-ring (bicyclic) bond motifs is 1. The van der Waals surface area contributed by atoms with Gasteiger partial charge in [-0.05, 0) is 24.1 Å². The van der Waals surface area contributed by atoms with Crippen LogP contribution in [0.4, 0.5) is 0 Å². The second kappa shape index (κ2) is 8.06. The van der Waals surface area contributed by atoms with Gasteiger partial charge in [0.05, 0.1) is 12.7 Å². The van der Waals surface area contributed by atoms with Gasteiger partial charge in [-0.3, -0.25) is 4.79 Å². The molecule has 3 nitrogen and oxygen atoms in total. The summed E-state index contributed by atoms with van der Waals surface area (Å²) in [4.78, 5) is 12.1. The molecule has 1 N–H and O–H groups in total. The summed E-state index contributed by atoms with van der Waals surface area (Å²) >= 11 is 1.83. The number of hydrogen-bond donors (Lipinski definition) is 1. The highest BCUT2D eigenvalue weighted by Crippen LogP contribution is 2.22. The molecule has 0 radical (unpaired) electrons. The first-order valence-electron chi connectivity index (χ1n) is 8.07. The molecule has 0 bridgehead atoms. The predicted molar refractivity (Wildman–Crippen MR) is 100 cm³/mol. The molecular formula is C20H21NO2S. The maximum absolute atomic E-state index is 12.1. The van der Waals surface area contributed by atoms with Gasteiger partial charge >= 0.3 is 0 Å². The summed E-state index contributed by atoms with van der Waals surface area (Å²) in [5, 5.41) is 4.00. The Hall–Kier alpha value is -2.20. The van der Waals surface area contributed by atoms with Crippen LogP contribution in [0.2, 0.25) is 0 Å². The molecule has 0 spiro atoms. The number of rotatable bonds is 7. The molecule has 0 aliphatic heterocycles. The Morgan fingerprint density at radius 2 is 2.00 bits per heavy atom. The van der Waals surface area contributed by atoms with E-state index in [9.17, 15) is 4.79 Å². The van der Waals surface area contributed by atoms with Crippen molar-refractivity contribution in [1.82, 2.24) is 5.32 Å². The Morgan fingerprint density at radius 3 is 2.83 bits per heavy atom. The average molecular weight is 339 g/mol. The molecule has 124 valence electrons. The van der Waals surface area contributed by atoms with E-state index >= 15 is 0 Å². The third-order valence-corrected chi connectivity index (χ3v) is 4.87. The van der Waals surface area contributed by atoms with Crippen molar-refractivity contribution >= 4 is 28.6 Å². The predicted octanol–water partition coefficient (Wildman–Crippen LogP) is 4.33. The molecule has 24 heavy (non-hydrogen) atoms. The number of hydrogen-bond acceptors (Lipinski definition) is 3. The fraction of sp³-hybridized carbons (Fsp3) is 0.250. The topological polar surface area (TPSA) is 42.2 Å². The number of thioether (sulfide) groups is 1. The van der Waals surface area contributed by atoms with Gasteiger partial charge in [-0.2, -0.15) is 11.8 Å². The van der Waals surface area contributed by atoms with Crippen LogP contribution in [0.5, 0.6) is 0 Å². The first kappa shape index (κ1) is 16.7. The highest BCUT2D eigenvalue weighted by Gasteiger charge is 2.10. The quantitative estimate of drug-likeness (QED) is 0.651. The minimum Gasteiger partial charge on any atom is -0.464 e. The van der Waals surface area contributed by atoms with Gasteiger partial charge in [0.15, 0.2) is 0 Å². The van der Waals surface area contributed by atoms with Crippen molar-refractivity contribution in [2.45, 2.75) is 19.1 Å². The van der Waals surface area contributed by atoms with Crippen LogP contribution < -0.4 is 5.32 Å². The maximum atomic E-state index is 12.1. The van der Waals surface area contributed by atoms with Crippen molar-refractivity contribution < 1.29 is 9.21 Å². The van der Waals surface area contributed by atoms with Crippen molar-refractivity contribution in [3.8, 4) is 0 Å². The molecule has 0 aliphatic rings. The molecule has 0 saturated heterocycles. The zero-order valence-corrected chi connectivity index (χ0v) is 14.6. The van der Waals surface area contributed by atoms with E-state index in [2.05, 4.69) is 17.4 Å². The first-order chi connectivity index (χ1) is 11.7. The molecule has 0 unspecified atom stereocenters. The molecule has 0 aliphatic carbocycles. The van der Waals surface area contributed by atoms with Gasteiger partial charge in [0.25, 0.3) is 0 Å². The van der Waals surface area contributed by atoms with Gasteiger partial charge in [-0.1, -0.05) is 42.5 Å². The van der Waals surface area contributed by atoms with E-state index in [1.807, 2.05) is 55.1 Å². The van der Waals surface area contributed by atoms with Gasteiger partial charge < -0.3 is 9.73 Å². The molecule has 3 rings (SSSR count). The normalized spacial score (nSPS) is 10.9. The van der Waals surface area contributed by atoms with E-state index in [1.165, 1.54) is 5.56 Å². The molecule has 4 heteroatoms. The van der Waals surface area contributed by atoms with E-state index in [0.29, 0.717) is 13.0 Å². The molecule has 1 heterocycles. The Labute approximate surface area is 146 Å². The lowest BCUT2D eigenvalue weighted by Crippen LogP contribution is -2.27. The molecule has 1 amide bonds. The third kappa shape index (κ3) is 4.42. The van der Waals surface area contributed by atoms with Gasteiger partial charge in [0.1, 0.15) is 5.58 Å². The van der Waals surface area contributed by atoms with Crippen molar-refractivity contribution in [1.29, 1.82) is 0 Å². The number of furan rings is 1. The van der Waals surface area contributed by atoms with Crippen LogP contribution >= 0.6 is 11.8 Å². The summed E-state index contributed by atoms with van der Waals surface area (Å²) in [6.45, 7) is 2.71. The van der Waals surface area contributed by atoms with E-state index in [-0.39, 0.29) is 5.91 Å². The fourth-order valence-corrected chi connectivity index (χ4v) is 3.41. The van der Waals surface area contributed by atoms with E-state index < -0.39 is 0 Å². The second-order valence-electron chi connectivity index (χ2n) is 5.83. The zero-order chi connectivity index (χ0) is 16.8. The van der Waals surface area contributed by atoms with Gasteiger partial charge in [0.2, 0.25) is 5.91 Å². The molecule has 0 saturated carbocycles. The van der Waals surface area contributed by atoms with Crippen LogP contribution in [0.15, 0.2) is 59.2 Å². The van der Waals surface area contributed by atoms with Crippen LogP contribution in [-0.4, -0.2) is 18.2 Å². The number of aryl methyl sites for hydroxylation is 1. The van der Waals surface area contributed by atoms with Gasteiger partial charge in [-0.25, -0.2) is 0 Å². The highest BCUT2D eigenvalue weighted by atomic mass is 32.2. The smallest absolute Gasteiger partial charge is 0.224 e. The lowest BCUT2D eigenvalue weighted by molar-refractivity contribution is -0.120. The van der Waals surface area contributed by atoms with E-state index in [1.54, 1.807) is 6.26 Å². The minimum absolute atomic E-state index is 0.0404. The van der Waals surface area contributed by atoms with Crippen molar-refractivity contribution in [3.05, 3.63) is 71.5 Å². The minimum atomic E-state index is 0.0404. The van der Waals surface area contributed by atoms with Crippen molar-refractivity contribution in [2.75, 3.05) is 12.3 Å². The SMILES string of the molecule is Cc1ccc2c(CC(=O)NCCSCc3ccccc3)coc2c1. The second-order valence-corrected chi connectivity index (χ2v) is 6.93. The number of carbonyl (C=O) groups excluding carboxylic acids is 1. The Bertz CT molecular complexity index is 811. The van der Waals surface area contributed by atoms with Gasteiger partial charge in [-0.15, -0.1) is 0 Å². The van der Waals surface area contributed by atoms with Crippen LogP contribution in [0, 0.1) is 6.92 Å². The lowest BCUT2D eigenvalue weighted by Gasteiger charge is -2.05. The molecule has 3 aromatic rings. The van der Waals surface area contributed by atoms with Crippen molar-refractivity contribution in [3.63, 3.8) is 0 Å². The van der Waals surface area contributed by atoms with Gasteiger partial charge in [0, 0.05) is 29.0 Å². The van der Waals surface area contributed by atoms with E-state index in [4.69, 9.17) is 4.42 Å². The fourth-order valence-electron chi connectivity index (χ4n) is 2.59. The Morgan fingerprint density at radius 1 is 1.17 bits per heavy atom. The molecule has 0 fully saturated rings. The van der Waals surface area contributed by atoms with E-state index in [0.717, 1.165) is 33.6 Å². The zero-order valence-electron chi connectivity index (χ0n) is 13.7. The summed E-state index contributed by atoms with van der Waals surface area (Å²) in [5.74, 6) is 1.92. The first-order valence-corrected chi connectivity index (χ1v) is 9.23. The Balaban J connectivity index is 1.42. The summed E-state index contributed by atoms with van der Waals surface area (Å²) in [7, 11) is 0. The largest absolute Gasteiger partial charge is 0.464 e. The van der Waals surface area contributed by atoms with Crippen LogP contribution in [0.1, 0.15) is 16.7 Å². The third-order valence-electron chi connectivity index (χ3n) is 3.84. The Kier molecular flexibility index (Phi) is 5.59. The number of carbonyl (C=O) groups is 1. The molecular weight excluding hydrogens is 318 g/mol. The summed E-state index contributed by atoms with van der Waals surface area (Å²) in [6.07, 6.45) is 2.05. The maximum Gasteiger partial charge on any atom is 0.224 e. The van der Waals surface area contributed by atoms with Crippen molar-refractivity contribution in [2.24, 2.45) is 0 Å². The molecule has 2 aromatic carbocycles. The highest BCUT2D eigenvalue weighted by molar-refractivity contribution is 7.98. The number of amides is 1. The summed E-state index contributed by atoms with van der Waals surface area (Å²) in [6, 6.07) is 16.4. The number of nitrogens with one attached hydrogen (secondary N) is 1. The molecule has 0 atom stereocenters. The van der Waals surface area contributed by atoms with Crippen LogP contribution in [0.25, 0.3) is 11.0 Å². The standard InChI is InChI=1S/C20H21NO2S/c1-15-7-8-18-17(13-23-19(18)11-15)12-20(22)21-9-10-24-14-16-5-3-2-4-6-16/h2-8,11,13H,9-10,12,14H2,1H3,(H,21,22).